The van der Waals surface area contributed by atoms with Gasteiger partial charge in [-0.2, -0.15) is 0 Å². The van der Waals surface area contributed by atoms with Gasteiger partial charge in [0.1, 0.15) is 6.04 Å². The van der Waals surface area contributed by atoms with Crippen LogP contribution < -0.4 is 4.31 Å². The molecule has 2 rings (SSSR count). The molecule has 0 aliphatic heterocycles. The number of nitrogens with zero attached hydrogens (tertiary/aromatic N) is 2. The highest BCUT2D eigenvalue weighted by molar-refractivity contribution is 14.1. The summed E-state index contributed by atoms with van der Waals surface area (Å²) in [7, 11) is -4.26. The van der Waals surface area contributed by atoms with Crippen molar-refractivity contribution in [2.75, 3.05) is 4.31 Å². The van der Waals surface area contributed by atoms with Crippen LogP contribution in [0, 0.1) is 13.7 Å². The number of nitro groups is 1. The second kappa shape index (κ2) is 7.67. The average Bonchev–Trinajstić information content (AvgIpc) is 2.56. The molecule has 2 aromatic rings. The average molecular weight is 495 g/mol. The minimum absolute atomic E-state index is 0.260. The maximum atomic E-state index is 13.1. The Kier molecular flexibility index (Phi) is 6.01. The van der Waals surface area contributed by atoms with Gasteiger partial charge in [0.15, 0.2) is 0 Å². The molecule has 0 bridgehead atoms. The van der Waals surface area contributed by atoms with Crippen LogP contribution in [0.25, 0.3) is 0 Å². The first-order valence-electron chi connectivity index (χ1n) is 6.89. The second-order valence-corrected chi connectivity index (χ2v) is 8.34. The quantitative estimate of drug-likeness (QED) is 0.265. The molecule has 0 aromatic heterocycles. The highest BCUT2D eigenvalue weighted by atomic mass is 127. The third-order valence-electron chi connectivity index (χ3n) is 3.36. The van der Waals surface area contributed by atoms with Crippen LogP contribution >= 0.6 is 34.2 Å². The summed E-state index contributed by atoms with van der Waals surface area (Å²) in [5, 5.41) is 10.1. The van der Waals surface area contributed by atoms with Crippen molar-refractivity contribution >= 4 is 60.8 Å². The molecule has 25 heavy (non-hydrogen) atoms. The molecule has 1 unspecified atom stereocenters. The van der Waals surface area contributed by atoms with Gasteiger partial charge < -0.3 is 0 Å². The van der Waals surface area contributed by atoms with Crippen LogP contribution in [-0.2, 0) is 14.8 Å². The number of rotatable bonds is 6. The lowest BCUT2D eigenvalue weighted by atomic mass is 10.3. The number of benzene rings is 2. The van der Waals surface area contributed by atoms with Crippen LogP contribution in [0.3, 0.4) is 0 Å². The molecular weight excluding hydrogens is 483 g/mol. The number of non-ortho nitro benzene ring substituents is 1. The Balaban J connectivity index is 2.68. The number of carbonyl (C=O) groups excluding carboxylic acids is 1. The molecular formula is C15H12ClIN2O5S. The monoisotopic (exact) mass is 494 g/mol. The maximum absolute atomic E-state index is 13.1. The predicted octanol–water partition coefficient (Wildman–Crippen LogP) is 3.55. The van der Waals surface area contributed by atoms with Gasteiger partial charge in [-0.15, -0.1) is 0 Å². The second-order valence-electron chi connectivity index (χ2n) is 4.99. The van der Waals surface area contributed by atoms with Gasteiger partial charge in [-0.3, -0.25) is 19.2 Å². The normalized spacial score (nSPS) is 12.4. The maximum Gasteiger partial charge on any atom is 0.270 e. The molecule has 2 aromatic carbocycles. The van der Waals surface area contributed by atoms with Gasteiger partial charge in [0, 0.05) is 15.7 Å². The zero-order chi connectivity index (χ0) is 18.8. The Morgan fingerprint density at radius 1 is 1.24 bits per heavy atom. The van der Waals surface area contributed by atoms with Gasteiger partial charge in [0.2, 0.25) is 5.24 Å². The fraction of sp³-hybridized carbons (Fsp3) is 0.133. The van der Waals surface area contributed by atoms with Gasteiger partial charge in [-0.05, 0) is 59.3 Å². The SMILES string of the molecule is CC(C(=O)Cl)N(c1ccccc1I)S(=O)(=O)c1cccc([N+](=O)[O-])c1. The number of nitro benzene ring substituents is 1. The number of para-hydroxylation sites is 1. The molecule has 0 aliphatic carbocycles. The van der Waals surface area contributed by atoms with Crippen LogP contribution in [0.4, 0.5) is 11.4 Å². The molecule has 0 amide bonds. The first-order valence-corrected chi connectivity index (χ1v) is 9.78. The molecule has 0 radical (unpaired) electrons. The molecule has 0 fully saturated rings. The Morgan fingerprint density at radius 3 is 2.44 bits per heavy atom. The number of hydrogen-bond donors (Lipinski definition) is 0. The minimum Gasteiger partial charge on any atom is -0.279 e. The summed E-state index contributed by atoms with van der Waals surface area (Å²) in [4.78, 5) is 21.6. The van der Waals surface area contributed by atoms with Gasteiger partial charge in [-0.1, -0.05) is 18.2 Å². The lowest BCUT2D eigenvalue weighted by Gasteiger charge is -2.29. The third-order valence-corrected chi connectivity index (χ3v) is 6.46. The van der Waals surface area contributed by atoms with Crippen molar-refractivity contribution in [1.82, 2.24) is 0 Å². The number of anilines is 1. The molecule has 0 heterocycles. The Morgan fingerprint density at radius 2 is 1.88 bits per heavy atom. The van der Waals surface area contributed by atoms with E-state index in [2.05, 4.69) is 0 Å². The van der Waals surface area contributed by atoms with E-state index in [9.17, 15) is 23.3 Å². The van der Waals surface area contributed by atoms with Crippen LogP contribution in [0.15, 0.2) is 53.4 Å². The Labute approximate surface area is 162 Å². The predicted molar refractivity (Wildman–Crippen MR) is 102 cm³/mol. The number of halogens is 2. The summed E-state index contributed by atoms with van der Waals surface area (Å²) < 4.78 is 27.7. The summed E-state index contributed by atoms with van der Waals surface area (Å²) >= 11 is 7.49. The van der Waals surface area contributed by atoms with Crippen molar-refractivity contribution < 1.29 is 18.1 Å². The number of hydrogen-bond acceptors (Lipinski definition) is 5. The van der Waals surface area contributed by atoms with Crippen molar-refractivity contribution in [1.29, 1.82) is 0 Å². The topological polar surface area (TPSA) is 97.6 Å². The number of carbonyl (C=O) groups is 1. The van der Waals surface area contributed by atoms with Gasteiger partial charge in [-0.25, -0.2) is 8.42 Å². The molecule has 10 heteroatoms. The molecule has 7 nitrogen and oxygen atoms in total. The van der Waals surface area contributed by atoms with E-state index in [1.807, 2.05) is 22.6 Å². The van der Waals surface area contributed by atoms with Crippen molar-refractivity contribution in [3.05, 3.63) is 62.2 Å². The van der Waals surface area contributed by atoms with E-state index < -0.39 is 26.2 Å². The highest BCUT2D eigenvalue weighted by Gasteiger charge is 2.34. The first-order chi connectivity index (χ1) is 11.7. The number of sulfonamides is 1. The van der Waals surface area contributed by atoms with E-state index in [0.29, 0.717) is 3.57 Å². The van der Waals surface area contributed by atoms with Gasteiger partial charge in [0.05, 0.1) is 15.5 Å². The van der Waals surface area contributed by atoms with Gasteiger partial charge in [0.25, 0.3) is 15.7 Å². The van der Waals surface area contributed by atoms with E-state index in [4.69, 9.17) is 11.6 Å². The Hall–Kier alpha value is -1.72. The van der Waals surface area contributed by atoms with E-state index in [1.165, 1.54) is 31.2 Å². The molecule has 0 saturated carbocycles. The first kappa shape index (κ1) is 19.6. The van der Waals surface area contributed by atoms with E-state index in [0.717, 1.165) is 10.4 Å². The zero-order valence-electron chi connectivity index (χ0n) is 12.8. The summed E-state index contributed by atoms with van der Waals surface area (Å²) in [6, 6.07) is 10.00. The van der Waals surface area contributed by atoms with E-state index >= 15 is 0 Å². The molecule has 1 atom stereocenters. The van der Waals surface area contributed by atoms with Gasteiger partial charge >= 0.3 is 0 Å². The zero-order valence-corrected chi connectivity index (χ0v) is 16.5. The van der Waals surface area contributed by atoms with Crippen molar-refractivity contribution in [3.8, 4) is 0 Å². The molecule has 0 N–H and O–H groups in total. The van der Waals surface area contributed by atoms with Crippen molar-refractivity contribution in [2.24, 2.45) is 0 Å². The fourth-order valence-corrected chi connectivity index (χ4v) is 4.78. The van der Waals surface area contributed by atoms with Crippen molar-refractivity contribution in [3.63, 3.8) is 0 Å². The lowest BCUT2D eigenvalue weighted by Crippen LogP contribution is -2.42. The standard InChI is InChI=1S/C15H12ClIN2O5S/c1-10(15(16)20)18(14-8-3-2-7-13(14)17)25(23,24)12-6-4-5-11(9-12)19(21)22/h2-10H,1H3. The van der Waals surface area contributed by atoms with Crippen LogP contribution in [0.5, 0.6) is 0 Å². The van der Waals surface area contributed by atoms with Crippen LogP contribution in [-0.4, -0.2) is 24.6 Å². The Bertz CT molecular complexity index is 935. The molecule has 132 valence electrons. The minimum atomic E-state index is -4.26. The lowest BCUT2D eigenvalue weighted by molar-refractivity contribution is -0.385. The largest absolute Gasteiger partial charge is 0.279 e. The van der Waals surface area contributed by atoms with Crippen LogP contribution in [0.2, 0.25) is 0 Å². The third kappa shape index (κ3) is 4.10. The smallest absolute Gasteiger partial charge is 0.270 e. The summed E-state index contributed by atoms with van der Waals surface area (Å²) in [6.07, 6.45) is 0. The van der Waals surface area contributed by atoms with E-state index in [-0.39, 0.29) is 16.3 Å². The summed E-state index contributed by atoms with van der Waals surface area (Å²) in [5.41, 5.74) is -0.107. The van der Waals surface area contributed by atoms with Crippen molar-refractivity contribution in [2.45, 2.75) is 17.9 Å². The highest BCUT2D eigenvalue weighted by Crippen LogP contribution is 2.31. The molecule has 0 aliphatic rings. The summed E-state index contributed by atoms with van der Waals surface area (Å²) in [6.45, 7) is 1.35. The van der Waals surface area contributed by atoms with Crippen LogP contribution in [0.1, 0.15) is 6.92 Å². The molecule has 0 spiro atoms. The summed E-state index contributed by atoms with van der Waals surface area (Å²) in [5.74, 6) is 0. The van der Waals surface area contributed by atoms with E-state index in [1.54, 1.807) is 18.2 Å². The molecule has 0 saturated heterocycles. The fourth-order valence-electron chi connectivity index (χ4n) is 2.14.